The van der Waals surface area contributed by atoms with Crippen LogP contribution in [0.15, 0.2) is 48.5 Å². The monoisotopic (exact) mass is 474 g/mol. The van der Waals surface area contributed by atoms with E-state index in [0.29, 0.717) is 25.1 Å². The van der Waals surface area contributed by atoms with Crippen LogP contribution in [-0.4, -0.2) is 62.8 Å². The maximum Gasteiger partial charge on any atom is 0.274 e. The molecular formula is C27H30N4O4. The summed E-state index contributed by atoms with van der Waals surface area (Å²) in [4.78, 5) is 42.1. The van der Waals surface area contributed by atoms with Gasteiger partial charge in [0.05, 0.1) is 25.2 Å². The van der Waals surface area contributed by atoms with Crippen LogP contribution < -0.4 is 5.48 Å². The molecule has 8 nitrogen and oxygen atoms in total. The number of carbonyl (C=O) groups is 3. The third kappa shape index (κ3) is 4.02. The zero-order valence-corrected chi connectivity index (χ0v) is 20.0. The standard InChI is InChI=1S/C27H30N4O4/c1-3-12-29-15-24(32)23-13-21-20-6-4-5-7-22(20)30(26(21)17(2)31(23)25(33)16-29)14-18-8-10-19(11-9-18)27(34)28-35/h4-11,17,23,35H,3,12-16H2,1-2H3,(H,28,34)/t17-,23-/m0/s1. The Hall–Kier alpha value is -3.49. The highest BCUT2D eigenvalue weighted by Gasteiger charge is 2.44. The van der Waals surface area contributed by atoms with Crippen LogP contribution in [0.3, 0.4) is 0 Å². The molecule has 2 aliphatic heterocycles. The number of hydrogen-bond acceptors (Lipinski definition) is 5. The first-order chi connectivity index (χ1) is 16.9. The Morgan fingerprint density at radius 1 is 1.09 bits per heavy atom. The van der Waals surface area contributed by atoms with Gasteiger partial charge in [-0.3, -0.25) is 24.5 Å². The lowest BCUT2D eigenvalue weighted by molar-refractivity contribution is -0.140. The fraction of sp³-hybridized carbons (Fsp3) is 0.370. The molecule has 0 aliphatic carbocycles. The predicted octanol–water partition coefficient (Wildman–Crippen LogP) is 2.92. The Kier molecular flexibility index (Phi) is 6.17. The topological polar surface area (TPSA) is 94.9 Å². The third-order valence-electron chi connectivity index (χ3n) is 7.26. The van der Waals surface area contributed by atoms with Crippen LogP contribution in [-0.2, 0) is 22.6 Å². The van der Waals surface area contributed by atoms with Gasteiger partial charge in [-0.05, 0) is 49.2 Å². The molecule has 35 heavy (non-hydrogen) atoms. The second-order valence-electron chi connectivity index (χ2n) is 9.48. The van der Waals surface area contributed by atoms with Gasteiger partial charge in [0.1, 0.15) is 0 Å². The van der Waals surface area contributed by atoms with Crippen molar-refractivity contribution in [3.63, 3.8) is 0 Å². The highest BCUT2D eigenvalue weighted by Crippen LogP contribution is 2.40. The van der Waals surface area contributed by atoms with Crippen molar-refractivity contribution in [1.29, 1.82) is 0 Å². The first-order valence-electron chi connectivity index (χ1n) is 12.1. The first-order valence-corrected chi connectivity index (χ1v) is 12.1. The average molecular weight is 475 g/mol. The molecule has 2 amide bonds. The van der Waals surface area contributed by atoms with Crippen molar-refractivity contribution in [2.45, 2.75) is 45.3 Å². The van der Waals surface area contributed by atoms with Crippen molar-refractivity contribution in [3.8, 4) is 0 Å². The maximum absolute atomic E-state index is 13.4. The van der Waals surface area contributed by atoms with Crippen LogP contribution in [0, 0.1) is 0 Å². The van der Waals surface area contributed by atoms with Crippen molar-refractivity contribution >= 4 is 28.5 Å². The number of para-hydroxylation sites is 1. The van der Waals surface area contributed by atoms with Gasteiger partial charge in [-0.2, -0.15) is 0 Å². The number of fused-ring (bicyclic) bond motifs is 4. The number of carbonyl (C=O) groups excluding carboxylic acids is 3. The van der Waals surface area contributed by atoms with E-state index in [0.717, 1.165) is 40.7 Å². The summed E-state index contributed by atoms with van der Waals surface area (Å²) in [5.41, 5.74) is 6.27. The number of amides is 2. The molecule has 1 aromatic heterocycles. The number of hydroxylamine groups is 1. The highest BCUT2D eigenvalue weighted by molar-refractivity contribution is 5.96. The Morgan fingerprint density at radius 3 is 2.54 bits per heavy atom. The van der Waals surface area contributed by atoms with Crippen molar-refractivity contribution in [2.75, 3.05) is 19.6 Å². The van der Waals surface area contributed by atoms with Crippen molar-refractivity contribution in [1.82, 2.24) is 19.8 Å². The smallest absolute Gasteiger partial charge is 0.274 e. The Labute approximate surface area is 204 Å². The lowest BCUT2D eigenvalue weighted by Crippen LogP contribution is -2.50. The summed E-state index contributed by atoms with van der Waals surface area (Å²) in [6, 6.07) is 14.6. The molecule has 1 fully saturated rings. The number of Topliss-reactive ketones (excluding diaryl/α,β-unsaturated/α-hetero) is 1. The number of benzene rings is 2. The fourth-order valence-electron chi connectivity index (χ4n) is 5.75. The molecule has 0 unspecified atom stereocenters. The normalized spacial score (nSPS) is 20.5. The van der Waals surface area contributed by atoms with Crippen molar-refractivity contribution in [3.05, 3.63) is 70.9 Å². The number of aromatic nitrogens is 1. The molecule has 0 radical (unpaired) electrons. The van der Waals surface area contributed by atoms with Crippen LogP contribution in [0.25, 0.3) is 10.9 Å². The molecule has 2 atom stereocenters. The summed E-state index contributed by atoms with van der Waals surface area (Å²) >= 11 is 0. The van der Waals surface area contributed by atoms with Gasteiger partial charge in [0.25, 0.3) is 5.91 Å². The average Bonchev–Trinajstić information content (AvgIpc) is 3.11. The summed E-state index contributed by atoms with van der Waals surface area (Å²) in [6.07, 6.45) is 1.42. The largest absolute Gasteiger partial charge is 0.338 e. The van der Waals surface area contributed by atoms with E-state index < -0.39 is 11.9 Å². The maximum atomic E-state index is 13.4. The molecule has 8 heteroatoms. The minimum absolute atomic E-state index is 0.00336. The summed E-state index contributed by atoms with van der Waals surface area (Å²) in [7, 11) is 0. The fourth-order valence-corrected chi connectivity index (χ4v) is 5.75. The molecule has 5 rings (SSSR count). The molecule has 2 N–H and O–H groups in total. The Balaban J connectivity index is 1.57. The van der Waals surface area contributed by atoms with Gasteiger partial charge >= 0.3 is 0 Å². The van der Waals surface area contributed by atoms with Gasteiger partial charge in [-0.15, -0.1) is 0 Å². The van der Waals surface area contributed by atoms with E-state index in [1.165, 1.54) is 0 Å². The summed E-state index contributed by atoms with van der Waals surface area (Å²) in [5, 5.41) is 9.99. The number of nitrogens with one attached hydrogen (secondary N) is 1. The predicted molar refractivity (Wildman–Crippen MR) is 131 cm³/mol. The molecule has 0 saturated carbocycles. The van der Waals surface area contributed by atoms with Crippen LogP contribution in [0.5, 0.6) is 0 Å². The van der Waals surface area contributed by atoms with Crippen LogP contribution in [0.2, 0.25) is 0 Å². The molecule has 0 bridgehead atoms. The molecule has 182 valence electrons. The molecule has 3 heterocycles. The molecule has 0 spiro atoms. The minimum atomic E-state index is -0.554. The van der Waals surface area contributed by atoms with Gasteiger partial charge in [-0.1, -0.05) is 37.3 Å². The van der Waals surface area contributed by atoms with Gasteiger partial charge in [0.15, 0.2) is 5.78 Å². The zero-order chi connectivity index (χ0) is 24.7. The van der Waals surface area contributed by atoms with E-state index in [1.54, 1.807) is 17.6 Å². The number of rotatable bonds is 5. The molecule has 2 aliphatic rings. The van der Waals surface area contributed by atoms with Crippen molar-refractivity contribution in [2.24, 2.45) is 0 Å². The lowest BCUT2D eigenvalue weighted by Gasteiger charge is -2.39. The van der Waals surface area contributed by atoms with Crippen LogP contribution >= 0.6 is 0 Å². The van der Waals surface area contributed by atoms with Crippen molar-refractivity contribution < 1.29 is 19.6 Å². The SMILES string of the molecule is CCCN1CC(=O)[C@@H]2Cc3c(n(Cc4ccc(C(=O)NO)cc4)c4ccccc34)[C@H](C)N2C(=O)C1. The molecule has 2 aromatic carbocycles. The number of hydrogen-bond donors (Lipinski definition) is 2. The second kappa shape index (κ2) is 9.28. The minimum Gasteiger partial charge on any atom is -0.338 e. The van der Waals surface area contributed by atoms with Gasteiger partial charge in [-0.25, -0.2) is 5.48 Å². The molecule has 3 aromatic rings. The van der Waals surface area contributed by atoms with E-state index in [1.807, 2.05) is 41.0 Å². The van der Waals surface area contributed by atoms with E-state index >= 15 is 0 Å². The quantitative estimate of drug-likeness (QED) is 0.438. The number of ketones is 1. The first kappa shape index (κ1) is 23.3. The van der Waals surface area contributed by atoms with Gasteiger partial charge < -0.3 is 9.47 Å². The van der Waals surface area contributed by atoms with E-state index in [4.69, 9.17) is 5.21 Å². The van der Waals surface area contributed by atoms with E-state index in [-0.39, 0.29) is 24.3 Å². The summed E-state index contributed by atoms with van der Waals surface area (Å²) < 4.78 is 2.24. The zero-order valence-electron chi connectivity index (χ0n) is 20.0. The Bertz CT molecular complexity index is 1300. The summed E-state index contributed by atoms with van der Waals surface area (Å²) in [5.74, 6) is -0.443. The van der Waals surface area contributed by atoms with E-state index in [2.05, 4.69) is 23.6 Å². The lowest BCUT2D eigenvalue weighted by atomic mass is 9.90. The van der Waals surface area contributed by atoms with E-state index in [9.17, 15) is 14.4 Å². The van der Waals surface area contributed by atoms with Crippen LogP contribution in [0.1, 0.15) is 53.5 Å². The van der Waals surface area contributed by atoms with Crippen LogP contribution in [0.4, 0.5) is 0 Å². The summed E-state index contributed by atoms with van der Waals surface area (Å²) in [6.45, 7) is 5.96. The second-order valence-corrected chi connectivity index (χ2v) is 9.48. The number of nitrogens with zero attached hydrogens (tertiary/aromatic N) is 3. The molecule has 1 saturated heterocycles. The molecular weight excluding hydrogens is 444 g/mol. The van der Waals surface area contributed by atoms with Gasteiger partial charge in [0, 0.05) is 35.1 Å². The third-order valence-corrected chi connectivity index (χ3v) is 7.26. The highest BCUT2D eigenvalue weighted by atomic mass is 16.5. The Morgan fingerprint density at radius 2 is 1.83 bits per heavy atom. The van der Waals surface area contributed by atoms with Gasteiger partial charge in [0.2, 0.25) is 5.91 Å².